The number of hydrogen-bond donors (Lipinski definition) is 1. The van der Waals surface area contributed by atoms with Crippen molar-refractivity contribution < 1.29 is 22.7 Å². The molecule has 1 aromatic rings. The number of fused-ring (bicyclic) bond motifs is 1. The Kier molecular flexibility index (Phi) is 9.16. The number of hydrogen-bond acceptors (Lipinski definition) is 4. The number of amides is 1. The third-order valence-electron chi connectivity index (χ3n) is 6.92. The molecule has 3 unspecified atom stereocenters. The monoisotopic (exact) mass is 469 g/mol. The summed E-state index contributed by atoms with van der Waals surface area (Å²) < 4.78 is 44.7. The Hall–Kier alpha value is -1.67. The van der Waals surface area contributed by atoms with Crippen LogP contribution in [0.5, 0.6) is 0 Å². The van der Waals surface area contributed by atoms with Gasteiger partial charge in [-0.3, -0.25) is 9.78 Å². The van der Waals surface area contributed by atoms with E-state index in [1.54, 1.807) is 12.0 Å². The van der Waals surface area contributed by atoms with Gasteiger partial charge in [0.2, 0.25) is 5.91 Å². The van der Waals surface area contributed by atoms with Crippen molar-refractivity contribution in [2.75, 3.05) is 13.7 Å². The topological polar surface area (TPSA) is 54.5 Å². The van der Waals surface area contributed by atoms with Crippen LogP contribution in [-0.4, -0.2) is 47.6 Å². The molecule has 1 N–H and O–H groups in total. The van der Waals surface area contributed by atoms with Crippen LogP contribution in [0.25, 0.3) is 0 Å². The fraction of sp³-hybridized carbons (Fsp3) is 0.760. The number of aromatic nitrogens is 1. The summed E-state index contributed by atoms with van der Waals surface area (Å²) in [5.41, 5.74) is 0.434. The summed E-state index contributed by atoms with van der Waals surface area (Å²) in [4.78, 5) is 18.8. The van der Waals surface area contributed by atoms with Crippen LogP contribution >= 0.6 is 0 Å². The van der Waals surface area contributed by atoms with Gasteiger partial charge in [0.25, 0.3) is 0 Å². The number of nitrogens with one attached hydrogen (secondary N) is 1. The fourth-order valence-electron chi connectivity index (χ4n) is 5.26. The molecule has 4 atom stereocenters. The van der Waals surface area contributed by atoms with Gasteiger partial charge in [0.1, 0.15) is 0 Å². The van der Waals surface area contributed by atoms with E-state index < -0.39 is 11.7 Å². The minimum absolute atomic E-state index is 0.0626. The van der Waals surface area contributed by atoms with Crippen LogP contribution in [0.3, 0.4) is 0 Å². The molecule has 0 bridgehead atoms. The maximum absolute atomic E-state index is 13.1. The normalized spacial score (nSPS) is 27.5. The van der Waals surface area contributed by atoms with Gasteiger partial charge in [-0.1, -0.05) is 33.1 Å². The molecule has 8 heteroatoms. The van der Waals surface area contributed by atoms with Gasteiger partial charge in [-0.15, -0.1) is 0 Å². The van der Waals surface area contributed by atoms with Crippen LogP contribution in [-0.2, 0) is 28.7 Å². The largest absolute Gasteiger partial charge is 0.417 e. The first kappa shape index (κ1) is 25.9. The number of carbonyl (C=O) groups is 1. The average Bonchev–Trinajstić information content (AvgIpc) is 3.26. The van der Waals surface area contributed by atoms with Gasteiger partial charge < -0.3 is 15.0 Å². The van der Waals surface area contributed by atoms with Crippen LogP contribution in [0.1, 0.15) is 82.0 Å². The predicted octanol–water partition coefficient (Wildman–Crippen LogP) is 5.12. The highest BCUT2D eigenvalue weighted by atomic mass is 19.4. The fourth-order valence-corrected chi connectivity index (χ4v) is 5.26. The highest BCUT2D eigenvalue weighted by molar-refractivity contribution is 5.79. The third-order valence-corrected chi connectivity index (χ3v) is 6.92. The molecule has 1 aromatic heterocycles. The Morgan fingerprint density at radius 3 is 2.64 bits per heavy atom. The van der Waals surface area contributed by atoms with Crippen molar-refractivity contribution in [2.24, 2.45) is 5.92 Å². The molecule has 186 valence electrons. The second-order valence-electron chi connectivity index (χ2n) is 9.58. The summed E-state index contributed by atoms with van der Waals surface area (Å²) in [6.07, 6.45) is 5.61. The molecule has 1 amide bonds. The summed E-state index contributed by atoms with van der Waals surface area (Å²) in [7, 11) is 1.76. The highest BCUT2D eigenvalue weighted by Gasteiger charge is 2.37. The summed E-state index contributed by atoms with van der Waals surface area (Å²) in [6.45, 7) is 4.99. The highest BCUT2D eigenvalue weighted by Crippen LogP contribution is 2.33. The number of halogens is 3. The van der Waals surface area contributed by atoms with E-state index in [0.717, 1.165) is 44.4 Å². The quantitative estimate of drug-likeness (QED) is 0.665. The van der Waals surface area contributed by atoms with E-state index >= 15 is 0 Å². The molecule has 0 aromatic carbocycles. The smallest absolute Gasteiger partial charge is 0.380 e. The second-order valence-corrected chi connectivity index (χ2v) is 9.58. The molecule has 4 rings (SSSR count). The number of ether oxygens (including phenoxy) is 1. The van der Waals surface area contributed by atoms with E-state index in [1.165, 1.54) is 19.3 Å². The lowest BCUT2D eigenvalue weighted by Gasteiger charge is -2.33. The molecule has 5 nitrogen and oxygen atoms in total. The van der Waals surface area contributed by atoms with Crippen molar-refractivity contribution in [1.82, 2.24) is 15.2 Å². The van der Waals surface area contributed by atoms with Gasteiger partial charge in [-0.2, -0.15) is 13.2 Å². The number of methoxy groups -OCH3 is 1. The van der Waals surface area contributed by atoms with Gasteiger partial charge in [0.15, 0.2) is 0 Å². The van der Waals surface area contributed by atoms with Crippen LogP contribution in [0.2, 0.25) is 0 Å². The first-order valence-corrected chi connectivity index (χ1v) is 12.4. The van der Waals surface area contributed by atoms with Crippen LogP contribution in [0, 0.1) is 5.92 Å². The van der Waals surface area contributed by atoms with Crippen molar-refractivity contribution in [1.29, 1.82) is 0 Å². The molecule has 33 heavy (non-hydrogen) atoms. The van der Waals surface area contributed by atoms with Gasteiger partial charge in [-0.25, -0.2) is 0 Å². The van der Waals surface area contributed by atoms with Crippen LogP contribution in [0.15, 0.2) is 12.3 Å². The van der Waals surface area contributed by atoms with Gasteiger partial charge in [-0.05, 0) is 43.7 Å². The van der Waals surface area contributed by atoms with Crippen molar-refractivity contribution in [2.45, 2.75) is 103 Å². The first-order valence-electron chi connectivity index (χ1n) is 12.4. The molecule has 0 saturated heterocycles. The van der Waals surface area contributed by atoms with Gasteiger partial charge in [0, 0.05) is 56.5 Å². The lowest BCUT2D eigenvalue weighted by Crippen LogP contribution is -2.47. The molecule has 2 heterocycles. The summed E-state index contributed by atoms with van der Waals surface area (Å²) in [5.74, 6) is 0.00157. The number of rotatable bonds is 4. The zero-order valence-electron chi connectivity index (χ0n) is 20.1. The average molecular weight is 470 g/mol. The first-order chi connectivity index (χ1) is 15.8. The van der Waals surface area contributed by atoms with E-state index in [-0.39, 0.29) is 24.5 Å². The number of nitrogens with zero attached hydrogens (tertiary/aromatic N) is 2. The molecule has 0 spiro atoms. The Bertz CT molecular complexity index is 787. The minimum atomic E-state index is -4.42. The van der Waals surface area contributed by atoms with E-state index in [1.807, 2.05) is 0 Å². The van der Waals surface area contributed by atoms with Crippen LogP contribution in [0.4, 0.5) is 13.2 Å². The van der Waals surface area contributed by atoms with Crippen molar-refractivity contribution in [3.63, 3.8) is 0 Å². The van der Waals surface area contributed by atoms with Crippen molar-refractivity contribution in [3.05, 3.63) is 29.1 Å². The molecule has 2 fully saturated rings. The standard InChI is InChI=1S/C22H30F3N3O2.C3H8/c1-30-20-5-3-2-4-19(20)27-17-7-6-14(11-17)21(29)28-9-8-18-15(13-28)10-16(12-26-18)22(23,24)25;1-3-2/h10,12,14,17,19-20,27H,2-9,11,13H2,1H3;3H2,1-2H3/t14?,17-,19?,20?;/m1./s1. The molecule has 2 saturated carbocycles. The maximum atomic E-state index is 13.1. The predicted molar refractivity (Wildman–Crippen MR) is 122 cm³/mol. The van der Waals surface area contributed by atoms with Crippen molar-refractivity contribution >= 4 is 5.91 Å². The minimum Gasteiger partial charge on any atom is -0.380 e. The van der Waals surface area contributed by atoms with E-state index in [0.29, 0.717) is 36.3 Å². The zero-order valence-corrected chi connectivity index (χ0v) is 20.1. The molecule has 1 aliphatic heterocycles. The van der Waals surface area contributed by atoms with Crippen molar-refractivity contribution in [3.8, 4) is 0 Å². The zero-order chi connectivity index (χ0) is 24.0. The number of alkyl halides is 3. The molecular formula is C25H38F3N3O2. The van der Waals surface area contributed by atoms with Gasteiger partial charge in [0.05, 0.1) is 11.7 Å². The lowest BCUT2D eigenvalue weighted by atomic mass is 9.91. The SMILES string of the molecule is CCC.COC1CCCCC1N[C@@H]1CCC(C(=O)N2CCc3ncc(C(F)(F)F)cc3C2)C1. The van der Waals surface area contributed by atoms with E-state index in [4.69, 9.17) is 4.74 Å². The van der Waals surface area contributed by atoms with E-state index in [9.17, 15) is 18.0 Å². The lowest BCUT2D eigenvalue weighted by molar-refractivity contribution is -0.137. The maximum Gasteiger partial charge on any atom is 0.417 e. The van der Waals surface area contributed by atoms with Gasteiger partial charge >= 0.3 is 6.18 Å². The second kappa shape index (κ2) is 11.6. The third kappa shape index (κ3) is 6.69. The summed E-state index contributed by atoms with van der Waals surface area (Å²) in [6, 6.07) is 1.79. The summed E-state index contributed by atoms with van der Waals surface area (Å²) >= 11 is 0. The molecule has 3 aliphatic rings. The van der Waals surface area contributed by atoms with E-state index in [2.05, 4.69) is 24.1 Å². The molecule has 0 radical (unpaired) electrons. The Morgan fingerprint density at radius 2 is 1.94 bits per heavy atom. The molecule has 2 aliphatic carbocycles. The Balaban J connectivity index is 0.000000968. The number of carbonyl (C=O) groups excluding carboxylic acids is 1. The number of pyridine rings is 1. The van der Waals surface area contributed by atoms with Crippen LogP contribution < -0.4 is 5.32 Å². The summed E-state index contributed by atoms with van der Waals surface area (Å²) in [5, 5.41) is 3.72. The Labute approximate surface area is 195 Å². The Morgan fingerprint density at radius 1 is 1.21 bits per heavy atom. The molecular weight excluding hydrogens is 431 g/mol.